The van der Waals surface area contributed by atoms with Crippen LogP contribution in [0.5, 0.6) is 0 Å². The third-order valence-corrected chi connectivity index (χ3v) is 4.49. The molecule has 0 bridgehead atoms. The lowest BCUT2D eigenvalue weighted by Crippen LogP contribution is -2.46. The molecule has 0 saturated carbocycles. The third kappa shape index (κ3) is 4.68. The van der Waals surface area contributed by atoms with Gasteiger partial charge in [0.15, 0.2) is 0 Å². The third-order valence-electron chi connectivity index (χ3n) is 2.57. The number of piperidine rings is 1. The molecule has 1 heterocycles. The summed E-state index contributed by atoms with van der Waals surface area (Å²) < 4.78 is 25.1. The smallest absolute Gasteiger partial charge is 0.214 e. The normalized spacial score (nSPS) is 23.5. The van der Waals surface area contributed by atoms with Crippen molar-refractivity contribution in [2.24, 2.45) is 5.73 Å². The van der Waals surface area contributed by atoms with E-state index in [2.05, 4.69) is 0 Å². The van der Waals surface area contributed by atoms with E-state index in [9.17, 15) is 8.42 Å². The first-order valence-corrected chi connectivity index (χ1v) is 6.90. The molecule has 4 nitrogen and oxygen atoms in total. The van der Waals surface area contributed by atoms with Gasteiger partial charge in [0.2, 0.25) is 10.0 Å². The molecule has 0 aromatic carbocycles. The van der Waals surface area contributed by atoms with Crippen LogP contribution in [0.4, 0.5) is 0 Å². The zero-order valence-electron chi connectivity index (χ0n) is 9.18. The van der Waals surface area contributed by atoms with E-state index in [1.807, 2.05) is 6.92 Å². The summed E-state index contributed by atoms with van der Waals surface area (Å²) >= 11 is 0. The van der Waals surface area contributed by atoms with Gasteiger partial charge in [-0.1, -0.05) is 13.3 Å². The lowest BCUT2D eigenvalue weighted by atomic mass is 10.1. The van der Waals surface area contributed by atoms with Gasteiger partial charge in [-0.3, -0.25) is 0 Å². The van der Waals surface area contributed by atoms with Gasteiger partial charge in [-0.05, 0) is 19.3 Å². The fourth-order valence-corrected chi connectivity index (χ4v) is 3.42. The molecule has 2 N–H and O–H groups in total. The van der Waals surface area contributed by atoms with Crippen molar-refractivity contribution in [1.82, 2.24) is 4.31 Å². The number of unbranched alkanes of at least 4 members (excludes halogenated alkanes) is 1. The highest BCUT2D eigenvalue weighted by Gasteiger charge is 2.26. The molecule has 1 atom stereocenters. The van der Waals surface area contributed by atoms with Gasteiger partial charge >= 0.3 is 0 Å². The molecule has 6 heteroatoms. The summed E-state index contributed by atoms with van der Waals surface area (Å²) in [4.78, 5) is 0. The van der Waals surface area contributed by atoms with Gasteiger partial charge in [-0.25, -0.2) is 12.7 Å². The molecule has 0 aromatic rings. The summed E-state index contributed by atoms with van der Waals surface area (Å²) in [5.41, 5.74) is 5.74. The van der Waals surface area contributed by atoms with Gasteiger partial charge in [0.1, 0.15) is 0 Å². The highest BCUT2D eigenvalue weighted by atomic mass is 35.5. The Hall–Kier alpha value is 0.160. The molecule has 0 amide bonds. The number of hydrogen-bond acceptors (Lipinski definition) is 3. The Morgan fingerprint density at radius 1 is 1.47 bits per heavy atom. The number of rotatable bonds is 4. The Morgan fingerprint density at radius 3 is 2.67 bits per heavy atom. The Morgan fingerprint density at radius 2 is 2.13 bits per heavy atom. The topological polar surface area (TPSA) is 63.4 Å². The second-order valence-electron chi connectivity index (χ2n) is 3.93. The van der Waals surface area contributed by atoms with Crippen LogP contribution in [-0.4, -0.2) is 37.6 Å². The van der Waals surface area contributed by atoms with E-state index >= 15 is 0 Å². The second-order valence-corrected chi connectivity index (χ2v) is 6.02. The monoisotopic (exact) mass is 256 g/mol. The highest BCUT2D eigenvalue weighted by molar-refractivity contribution is 7.89. The molecular weight excluding hydrogens is 236 g/mol. The quantitative estimate of drug-likeness (QED) is 0.815. The molecular formula is C9H21ClN2O2S. The molecule has 0 aliphatic carbocycles. The van der Waals surface area contributed by atoms with Crippen molar-refractivity contribution in [3.05, 3.63) is 0 Å². The van der Waals surface area contributed by atoms with Crippen molar-refractivity contribution in [3.63, 3.8) is 0 Å². The maximum atomic E-state index is 11.8. The van der Waals surface area contributed by atoms with Crippen molar-refractivity contribution in [2.45, 2.75) is 38.6 Å². The van der Waals surface area contributed by atoms with Crippen LogP contribution in [0.15, 0.2) is 0 Å². The van der Waals surface area contributed by atoms with E-state index in [0.717, 1.165) is 25.7 Å². The average molecular weight is 257 g/mol. The highest BCUT2D eigenvalue weighted by Crippen LogP contribution is 2.13. The fourth-order valence-electron chi connectivity index (χ4n) is 1.68. The van der Waals surface area contributed by atoms with Gasteiger partial charge in [0, 0.05) is 19.1 Å². The molecule has 1 fully saturated rings. The lowest BCUT2D eigenvalue weighted by Gasteiger charge is -2.29. The van der Waals surface area contributed by atoms with Gasteiger partial charge in [0.05, 0.1) is 5.75 Å². The van der Waals surface area contributed by atoms with Crippen molar-refractivity contribution in [2.75, 3.05) is 18.8 Å². The molecule has 1 rings (SSSR count). The summed E-state index contributed by atoms with van der Waals surface area (Å²) in [6.45, 7) is 3.16. The van der Waals surface area contributed by atoms with Gasteiger partial charge in [0.25, 0.3) is 0 Å². The molecule has 1 aliphatic heterocycles. The van der Waals surface area contributed by atoms with Crippen molar-refractivity contribution in [3.8, 4) is 0 Å². The van der Waals surface area contributed by atoms with Crippen molar-refractivity contribution < 1.29 is 8.42 Å². The fraction of sp³-hybridized carbons (Fsp3) is 1.00. The van der Waals surface area contributed by atoms with Gasteiger partial charge in [-0.15, -0.1) is 12.4 Å². The number of sulfonamides is 1. The van der Waals surface area contributed by atoms with Crippen LogP contribution < -0.4 is 5.73 Å². The van der Waals surface area contributed by atoms with Gasteiger partial charge in [-0.2, -0.15) is 0 Å². The zero-order chi connectivity index (χ0) is 10.6. The first kappa shape index (κ1) is 15.2. The minimum atomic E-state index is -3.03. The Balaban J connectivity index is 0.00000196. The standard InChI is InChI=1S/C9H20N2O2S.ClH/c1-2-3-7-14(12,13)11-6-4-5-9(10)8-11;/h9H,2-8,10H2,1H3;1H. The van der Waals surface area contributed by atoms with E-state index in [4.69, 9.17) is 5.73 Å². The van der Waals surface area contributed by atoms with Crippen LogP contribution >= 0.6 is 12.4 Å². The Kier molecular flexibility index (Phi) is 6.75. The van der Waals surface area contributed by atoms with E-state index < -0.39 is 10.0 Å². The summed E-state index contributed by atoms with van der Waals surface area (Å²) in [5, 5.41) is 0. The van der Waals surface area contributed by atoms with E-state index in [0.29, 0.717) is 13.1 Å². The Labute approximate surface area is 98.7 Å². The van der Waals surface area contributed by atoms with E-state index in [1.165, 1.54) is 0 Å². The van der Waals surface area contributed by atoms with Crippen molar-refractivity contribution in [1.29, 1.82) is 0 Å². The predicted octanol–water partition coefficient (Wildman–Crippen LogP) is 0.961. The number of nitrogens with two attached hydrogens (primary N) is 1. The van der Waals surface area contributed by atoms with Crippen LogP contribution in [0.3, 0.4) is 0 Å². The molecule has 0 spiro atoms. The Bertz CT molecular complexity index is 269. The number of halogens is 1. The van der Waals surface area contributed by atoms with Crippen LogP contribution in [0.2, 0.25) is 0 Å². The molecule has 15 heavy (non-hydrogen) atoms. The zero-order valence-corrected chi connectivity index (χ0v) is 10.8. The summed E-state index contributed by atoms with van der Waals surface area (Å²) in [6.07, 6.45) is 3.50. The molecule has 1 saturated heterocycles. The lowest BCUT2D eigenvalue weighted by molar-refractivity contribution is 0.316. The maximum absolute atomic E-state index is 11.8. The first-order valence-electron chi connectivity index (χ1n) is 5.29. The van der Waals surface area contributed by atoms with Crippen LogP contribution in [-0.2, 0) is 10.0 Å². The van der Waals surface area contributed by atoms with Crippen LogP contribution in [0.25, 0.3) is 0 Å². The first-order chi connectivity index (χ1) is 6.56. The minimum absolute atomic E-state index is 0. The maximum Gasteiger partial charge on any atom is 0.214 e. The molecule has 0 radical (unpaired) electrons. The number of hydrogen-bond donors (Lipinski definition) is 1. The molecule has 1 aliphatic rings. The van der Waals surface area contributed by atoms with E-state index in [-0.39, 0.29) is 24.2 Å². The number of nitrogens with zero attached hydrogens (tertiary/aromatic N) is 1. The summed E-state index contributed by atoms with van der Waals surface area (Å²) in [7, 11) is -3.03. The summed E-state index contributed by atoms with van der Waals surface area (Å²) in [5.74, 6) is 0.274. The van der Waals surface area contributed by atoms with Gasteiger partial charge < -0.3 is 5.73 Å². The van der Waals surface area contributed by atoms with Crippen LogP contribution in [0.1, 0.15) is 32.6 Å². The van der Waals surface area contributed by atoms with E-state index in [1.54, 1.807) is 4.31 Å². The second kappa shape index (κ2) is 6.68. The largest absolute Gasteiger partial charge is 0.327 e. The average Bonchev–Trinajstić information content (AvgIpc) is 2.15. The van der Waals surface area contributed by atoms with Crippen LogP contribution in [0, 0.1) is 0 Å². The van der Waals surface area contributed by atoms with Crippen molar-refractivity contribution >= 4 is 22.4 Å². The minimum Gasteiger partial charge on any atom is -0.327 e. The summed E-state index contributed by atoms with van der Waals surface area (Å²) in [6, 6.07) is 0.0279. The SMILES string of the molecule is CCCCS(=O)(=O)N1CCCC(N)C1.Cl. The molecule has 0 aromatic heterocycles. The predicted molar refractivity (Wildman–Crippen MR) is 64.7 cm³/mol. The molecule has 1 unspecified atom stereocenters. The molecule has 92 valence electrons.